The van der Waals surface area contributed by atoms with Gasteiger partial charge < -0.3 is 0 Å². The quantitative estimate of drug-likeness (QED) is 0.656. The van der Waals surface area contributed by atoms with Crippen LogP contribution in [-0.2, 0) is 10.0 Å². The summed E-state index contributed by atoms with van der Waals surface area (Å²) in [6, 6.07) is 24.5. The molecule has 27 heavy (non-hydrogen) atoms. The molecule has 1 aliphatic heterocycles. The van der Waals surface area contributed by atoms with Crippen LogP contribution < -0.4 is 0 Å². The molecular formula is C21H22N2O2S2. The Morgan fingerprint density at radius 3 is 1.78 bits per heavy atom. The van der Waals surface area contributed by atoms with Crippen LogP contribution >= 0.6 is 11.3 Å². The van der Waals surface area contributed by atoms with Gasteiger partial charge in [0.15, 0.2) is 0 Å². The number of hydrogen-bond acceptors (Lipinski definition) is 4. The van der Waals surface area contributed by atoms with Crippen LogP contribution in [0.3, 0.4) is 0 Å². The predicted molar refractivity (Wildman–Crippen MR) is 109 cm³/mol. The molecule has 4 rings (SSSR count). The van der Waals surface area contributed by atoms with Gasteiger partial charge in [-0.3, -0.25) is 4.90 Å². The molecule has 0 radical (unpaired) electrons. The van der Waals surface area contributed by atoms with Gasteiger partial charge in [-0.05, 0) is 22.6 Å². The van der Waals surface area contributed by atoms with Crippen molar-refractivity contribution < 1.29 is 8.42 Å². The van der Waals surface area contributed by atoms with Gasteiger partial charge in [0, 0.05) is 26.2 Å². The minimum atomic E-state index is -3.37. The Bertz CT molecular complexity index is 910. The standard InChI is InChI=1S/C21H22N2O2S2/c24-27(25,20-12-7-17-26-20)23-15-13-22(14-16-23)21(18-8-3-1-4-9-18)19-10-5-2-6-11-19/h1-12,17,21H,13-16H2. The summed E-state index contributed by atoms with van der Waals surface area (Å²) >= 11 is 1.28. The van der Waals surface area contributed by atoms with E-state index in [1.54, 1.807) is 16.4 Å². The normalized spacial score (nSPS) is 16.6. The molecule has 0 amide bonds. The first-order valence-corrected chi connectivity index (χ1v) is 11.4. The summed E-state index contributed by atoms with van der Waals surface area (Å²) in [5.74, 6) is 0. The van der Waals surface area contributed by atoms with Crippen molar-refractivity contribution in [2.45, 2.75) is 10.3 Å². The summed E-state index contributed by atoms with van der Waals surface area (Å²) in [5.41, 5.74) is 2.47. The number of sulfonamides is 1. The third-order valence-corrected chi connectivity index (χ3v) is 8.23. The maximum Gasteiger partial charge on any atom is 0.252 e. The lowest BCUT2D eigenvalue weighted by Gasteiger charge is -2.39. The smallest absolute Gasteiger partial charge is 0.252 e. The van der Waals surface area contributed by atoms with Gasteiger partial charge in [-0.1, -0.05) is 66.7 Å². The fourth-order valence-electron chi connectivity index (χ4n) is 3.62. The third kappa shape index (κ3) is 3.84. The first kappa shape index (κ1) is 18.4. The van der Waals surface area contributed by atoms with Crippen molar-refractivity contribution in [2.75, 3.05) is 26.2 Å². The van der Waals surface area contributed by atoms with E-state index in [0.717, 1.165) is 0 Å². The number of benzene rings is 2. The Morgan fingerprint density at radius 1 is 0.741 bits per heavy atom. The number of thiophene rings is 1. The van der Waals surface area contributed by atoms with E-state index >= 15 is 0 Å². The second-order valence-corrected chi connectivity index (χ2v) is 9.71. The molecule has 0 spiro atoms. The van der Waals surface area contributed by atoms with Crippen LogP contribution in [0.4, 0.5) is 0 Å². The minimum Gasteiger partial charge on any atom is -0.290 e. The fraction of sp³-hybridized carbons (Fsp3) is 0.238. The molecule has 1 aromatic heterocycles. The molecule has 6 heteroatoms. The molecule has 0 atom stereocenters. The molecule has 1 saturated heterocycles. The number of hydrogen-bond donors (Lipinski definition) is 0. The van der Waals surface area contributed by atoms with Crippen LogP contribution in [0.5, 0.6) is 0 Å². The summed E-state index contributed by atoms with van der Waals surface area (Å²) in [6.07, 6.45) is 0. The van der Waals surface area contributed by atoms with Crippen molar-refractivity contribution in [3.63, 3.8) is 0 Å². The molecule has 140 valence electrons. The maximum absolute atomic E-state index is 12.8. The highest BCUT2D eigenvalue weighted by atomic mass is 32.2. The van der Waals surface area contributed by atoms with Crippen molar-refractivity contribution in [3.05, 3.63) is 89.3 Å². The van der Waals surface area contributed by atoms with Crippen molar-refractivity contribution in [1.29, 1.82) is 0 Å². The van der Waals surface area contributed by atoms with Crippen molar-refractivity contribution >= 4 is 21.4 Å². The highest BCUT2D eigenvalue weighted by Crippen LogP contribution is 2.30. The van der Waals surface area contributed by atoms with Gasteiger partial charge in [0.25, 0.3) is 10.0 Å². The highest BCUT2D eigenvalue weighted by Gasteiger charge is 2.32. The second-order valence-electron chi connectivity index (χ2n) is 6.60. The highest BCUT2D eigenvalue weighted by molar-refractivity contribution is 7.91. The van der Waals surface area contributed by atoms with Gasteiger partial charge in [0.2, 0.25) is 0 Å². The van der Waals surface area contributed by atoms with Crippen LogP contribution in [0.1, 0.15) is 17.2 Å². The van der Waals surface area contributed by atoms with E-state index in [0.29, 0.717) is 30.4 Å². The van der Waals surface area contributed by atoms with Crippen LogP contribution in [0.25, 0.3) is 0 Å². The van der Waals surface area contributed by atoms with E-state index in [1.165, 1.54) is 22.5 Å². The van der Waals surface area contributed by atoms with Gasteiger partial charge >= 0.3 is 0 Å². The largest absolute Gasteiger partial charge is 0.290 e. The van der Waals surface area contributed by atoms with Crippen LogP contribution in [0.2, 0.25) is 0 Å². The average molecular weight is 399 g/mol. The van der Waals surface area contributed by atoms with Crippen molar-refractivity contribution in [2.24, 2.45) is 0 Å². The molecule has 2 heterocycles. The Balaban J connectivity index is 1.56. The average Bonchev–Trinajstić information content (AvgIpc) is 3.26. The van der Waals surface area contributed by atoms with E-state index in [-0.39, 0.29) is 6.04 Å². The lowest BCUT2D eigenvalue weighted by molar-refractivity contribution is 0.156. The lowest BCUT2D eigenvalue weighted by atomic mass is 9.96. The number of rotatable bonds is 5. The summed E-state index contributed by atoms with van der Waals surface area (Å²) in [5, 5.41) is 1.81. The zero-order valence-corrected chi connectivity index (χ0v) is 16.6. The van der Waals surface area contributed by atoms with Crippen molar-refractivity contribution in [1.82, 2.24) is 9.21 Å². The van der Waals surface area contributed by atoms with Gasteiger partial charge in [-0.25, -0.2) is 8.42 Å². The first-order chi connectivity index (χ1) is 13.2. The SMILES string of the molecule is O=S(=O)(c1cccs1)N1CCN(C(c2ccccc2)c2ccccc2)CC1. The number of piperazine rings is 1. The number of nitrogens with zero attached hydrogens (tertiary/aromatic N) is 2. The second kappa shape index (κ2) is 7.94. The van der Waals surface area contributed by atoms with Crippen molar-refractivity contribution in [3.8, 4) is 0 Å². The molecular weight excluding hydrogens is 376 g/mol. The lowest BCUT2D eigenvalue weighted by Crippen LogP contribution is -2.49. The van der Waals surface area contributed by atoms with Gasteiger partial charge in [-0.15, -0.1) is 11.3 Å². The maximum atomic E-state index is 12.8. The topological polar surface area (TPSA) is 40.6 Å². The van der Waals surface area contributed by atoms with E-state index < -0.39 is 10.0 Å². The van der Waals surface area contributed by atoms with E-state index in [1.807, 2.05) is 17.5 Å². The molecule has 3 aromatic rings. The monoisotopic (exact) mass is 398 g/mol. The molecule has 0 saturated carbocycles. The fourth-order valence-corrected chi connectivity index (χ4v) is 6.19. The van der Waals surface area contributed by atoms with E-state index in [4.69, 9.17) is 0 Å². The molecule has 1 aliphatic rings. The summed E-state index contributed by atoms with van der Waals surface area (Å²) in [4.78, 5) is 2.38. The third-order valence-electron chi connectivity index (χ3n) is 4.96. The predicted octanol–water partition coefficient (Wildman–Crippen LogP) is 3.84. The zero-order valence-electron chi connectivity index (χ0n) is 14.9. The van der Waals surface area contributed by atoms with Crippen LogP contribution in [-0.4, -0.2) is 43.8 Å². The van der Waals surface area contributed by atoms with Gasteiger partial charge in [-0.2, -0.15) is 4.31 Å². The van der Waals surface area contributed by atoms with E-state index in [2.05, 4.69) is 53.4 Å². The molecule has 2 aromatic carbocycles. The van der Waals surface area contributed by atoms with Crippen LogP contribution in [0.15, 0.2) is 82.4 Å². The zero-order chi connectivity index (χ0) is 18.7. The van der Waals surface area contributed by atoms with Gasteiger partial charge in [0.05, 0.1) is 6.04 Å². The Morgan fingerprint density at radius 2 is 1.30 bits per heavy atom. The Hall–Kier alpha value is -1.99. The summed E-state index contributed by atoms with van der Waals surface area (Å²) < 4.78 is 27.6. The Labute approximate surface area is 164 Å². The summed E-state index contributed by atoms with van der Waals surface area (Å²) in [6.45, 7) is 2.44. The van der Waals surface area contributed by atoms with Gasteiger partial charge in [0.1, 0.15) is 4.21 Å². The first-order valence-electron chi connectivity index (χ1n) is 9.04. The molecule has 1 fully saturated rings. The molecule has 0 aliphatic carbocycles. The molecule has 0 bridgehead atoms. The van der Waals surface area contributed by atoms with E-state index in [9.17, 15) is 8.42 Å². The molecule has 0 N–H and O–H groups in total. The summed E-state index contributed by atoms with van der Waals surface area (Å²) in [7, 11) is -3.37. The molecule has 4 nitrogen and oxygen atoms in total. The molecule has 0 unspecified atom stereocenters. The minimum absolute atomic E-state index is 0.138. The Kier molecular flexibility index (Phi) is 5.41. The van der Waals surface area contributed by atoms with Crippen LogP contribution in [0, 0.1) is 0 Å².